The number of nitrogens with zero attached hydrogens (tertiary/aromatic N) is 1. The zero-order chi connectivity index (χ0) is 14.0. The highest BCUT2D eigenvalue weighted by molar-refractivity contribution is 9.10. The largest absolute Gasteiger partial charge is 0.384 e. The number of halogens is 2. The van der Waals surface area contributed by atoms with E-state index in [4.69, 9.17) is 5.73 Å². The van der Waals surface area contributed by atoms with Crippen molar-refractivity contribution in [3.8, 4) is 0 Å². The van der Waals surface area contributed by atoms with Crippen molar-refractivity contribution in [3.63, 3.8) is 0 Å². The molecule has 0 aliphatic heterocycles. The second-order valence-electron chi connectivity index (χ2n) is 4.01. The van der Waals surface area contributed by atoms with Crippen LogP contribution in [0.5, 0.6) is 0 Å². The summed E-state index contributed by atoms with van der Waals surface area (Å²) >= 11 is 3.09. The van der Waals surface area contributed by atoms with Gasteiger partial charge in [0.2, 0.25) is 0 Å². The molecule has 0 spiro atoms. The number of hydrogen-bond donors (Lipinski definition) is 2. The molecule has 1 aromatic carbocycles. The zero-order valence-corrected chi connectivity index (χ0v) is 11.7. The normalized spacial score (nSPS) is 10.3. The summed E-state index contributed by atoms with van der Waals surface area (Å²) < 4.78 is 13.8. The van der Waals surface area contributed by atoms with Crippen molar-refractivity contribution in [2.45, 2.75) is 6.92 Å². The van der Waals surface area contributed by atoms with E-state index in [-0.39, 0.29) is 5.91 Å². The van der Waals surface area contributed by atoms with Crippen molar-refractivity contribution in [2.75, 3.05) is 11.1 Å². The standard InChI is InChI=1S/C13H11BrFN3O/c1-7-4-9(14)10(15)5-11(7)18-13(19)8-2-3-12(16)17-6-8/h2-6H,1H3,(H2,16,17)(H,18,19). The van der Waals surface area contributed by atoms with Gasteiger partial charge in [-0.05, 0) is 52.7 Å². The summed E-state index contributed by atoms with van der Waals surface area (Å²) in [5, 5.41) is 2.63. The summed E-state index contributed by atoms with van der Waals surface area (Å²) in [5.74, 6) is -0.462. The van der Waals surface area contributed by atoms with E-state index in [0.29, 0.717) is 21.5 Å². The Labute approximate surface area is 118 Å². The van der Waals surface area contributed by atoms with E-state index in [1.165, 1.54) is 18.3 Å². The van der Waals surface area contributed by atoms with Crippen molar-refractivity contribution >= 4 is 33.3 Å². The number of nitrogen functional groups attached to an aromatic ring is 1. The van der Waals surface area contributed by atoms with Gasteiger partial charge in [-0.15, -0.1) is 0 Å². The lowest BCUT2D eigenvalue weighted by atomic mass is 10.2. The Bertz CT molecular complexity index is 629. The van der Waals surface area contributed by atoms with Crippen LogP contribution >= 0.6 is 15.9 Å². The molecular formula is C13H11BrFN3O. The average Bonchev–Trinajstić information content (AvgIpc) is 2.36. The Morgan fingerprint density at radius 3 is 2.79 bits per heavy atom. The highest BCUT2D eigenvalue weighted by Gasteiger charge is 2.10. The van der Waals surface area contributed by atoms with Crippen LogP contribution in [0, 0.1) is 12.7 Å². The van der Waals surface area contributed by atoms with E-state index in [2.05, 4.69) is 26.2 Å². The molecule has 1 aromatic heterocycles. The number of nitrogens with one attached hydrogen (secondary N) is 1. The molecular weight excluding hydrogens is 313 g/mol. The first kappa shape index (κ1) is 13.5. The van der Waals surface area contributed by atoms with Gasteiger partial charge in [-0.1, -0.05) is 0 Å². The minimum Gasteiger partial charge on any atom is -0.384 e. The van der Waals surface area contributed by atoms with Gasteiger partial charge in [0.15, 0.2) is 0 Å². The highest BCUT2D eigenvalue weighted by Crippen LogP contribution is 2.24. The first-order valence-corrected chi connectivity index (χ1v) is 6.25. The van der Waals surface area contributed by atoms with Crippen molar-refractivity contribution in [1.29, 1.82) is 0 Å². The molecule has 2 rings (SSSR count). The molecule has 0 atom stereocenters. The molecule has 2 aromatic rings. The van der Waals surface area contributed by atoms with E-state index in [1.807, 2.05) is 0 Å². The number of aromatic nitrogens is 1. The number of hydrogen-bond acceptors (Lipinski definition) is 3. The molecule has 0 saturated carbocycles. The summed E-state index contributed by atoms with van der Waals surface area (Å²) in [6, 6.07) is 5.96. The quantitative estimate of drug-likeness (QED) is 0.892. The van der Waals surface area contributed by atoms with E-state index < -0.39 is 5.82 Å². The third kappa shape index (κ3) is 3.08. The van der Waals surface area contributed by atoms with Crippen LogP contribution in [0.1, 0.15) is 15.9 Å². The second kappa shape index (κ2) is 5.36. The van der Waals surface area contributed by atoms with Crippen molar-refractivity contribution in [2.24, 2.45) is 0 Å². The molecule has 3 N–H and O–H groups in total. The minimum atomic E-state index is -0.434. The minimum absolute atomic E-state index is 0.336. The van der Waals surface area contributed by atoms with Gasteiger partial charge in [-0.2, -0.15) is 0 Å². The maximum Gasteiger partial charge on any atom is 0.257 e. The summed E-state index contributed by atoms with van der Waals surface area (Å²) in [6.45, 7) is 1.78. The van der Waals surface area contributed by atoms with Crippen LogP contribution in [-0.2, 0) is 0 Å². The molecule has 0 saturated heterocycles. The Morgan fingerprint density at radius 2 is 2.16 bits per heavy atom. The van der Waals surface area contributed by atoms with Gasteiger partial charge in [0, 0.05) is 11.9 Å². The molecule has 6 heteroatoms. The van der Waals surface area contributed by atoms with E-state index in [1.54, 1.807) is 19.1 Å². The smallest absolute Gasteiger partial charge is 0.257 e. The number of nitrogens with two attached hydrogens (primary N) is 1. The fourth-order valence-corrected chi connectivity index (χ4v) is 1.97. The highest BCUT2D eigenvalue weighted by atomic mass is 79.9. The number of carbonyl (C=O) groups excluding carboxylic acids is 1. The average molecular weight is 324 g/mol. The summed E-state index contributed by atoms with van der Waals surface area (Å²) in [5.41, 5.74) is 6.97. The number of benzene rings is 1. The van der Waals surface area contributed by atoms with Crippen LogP contribution in [0.3, 0.4) is 0 Å². The maximum atomic E-state index is 13.4. The lowest BCUT2D eigenvalue weighted by molar-refractivity contribution is 0.102. The van der Waals surface area contributed by atoms with Gasteiger partial charge in [0.1, 0.15) is 11.6 Å². The first-order chi connectivity index (χ1) is 8.97. The van der Waals surface area contributed by atoms with Crippen LogP contribution in [0.2, 0.25) is 0 Å². The van der Waals surface area contributed by atoms with Crippen molar-refractivity contribution in [1.82, 2.24) is 4.98 Å². The van der Waals surface area contributed by atoms with E-state index in [9.17, 15) is 9.18 Å². The van der Waals surface area contributed by atoms with E-state index in [0.717, 1.165) is 5.56 Å². The predicted octanol–water partition coefficient (Wildman–Crippen LogP) is 3.13. The van der Waals surface area contributed by atoms with Crippen molar-refractivity contribution < 1.29 is 9.18 Å². The fraction of sp³-hybridized carbons (Fsp3) is 0.0769. The topological polar surface area (TPSA) is 68.0 Å². The van der Waals surface area contributed by atoms with Gasteiger partial charge >= 0.3 is 0 Å². The van der Waals surface area contributed by atoms with Gasteiger partial charge < -0.3 is 11.1 Å². The van der Waals surface area contributed by atoms with Crippen LogP contribution < -0.4 is 11.1 Å². The van der Waals surface area contributed by atoms with Crippen LogP contribution in [0.15, 0.2) is 34.9 Å². The molecule has 0 aliphatic rings. The third-order valence-corrected chi connectivity index (χ3v) is 3.17. The van der Waals surface area contributed by atoms with Crippen molar-refractivity contribution in [3.05, 3.63) is 51.9 Å². The Kier molecular flexibility index (Phi) is 3.80. The lowest BCUT2D eigenvalue weighted by Crippen LogP contribution is -2.13. The van der Waals surface area contributed by atoms with Crippen LogP contribution in [0.4, 0.5) is 15.9 Å². The monoisotopic (exact) mass is 323 g/mol. The van der Waals surface area contributed by atoms with Gasteiger partial charge in [-0.3, -0.25) is 4.79 Å². The third-order valence-electron chi connectivity index (χ3n) is 2.56. The number of aryl methyl sites for hydroxylation is 1. The Balaban J connectivity index is 2.24. The van der Waals surface area contributed by atoms with Crippen LogP contribution in [-0.4, -0.2) is 10.9 Å². The number of pyridine rings is 1. The van der Waals surface area contributed by atoms with Gasteiger partial charge in [0.25, 0.3) is 5.91 Å². The number of anilines is 2. The second-order valence-corrected chi connectivity index (χ2v) is 4.86. The molecule has 0 unspecified atom stereocenters. The molecule has 0 radical (unpaired) electrons. The molecule has 0 fully saturated rings. The van der Waals surface area contributed by atoms with Gasteiger partial charge in [0.05, 0.1) is 10.0 Å². The maximum absolute atomic E-state index is 13.4. The molecule has 0 aliphatic carbocycles. The molecule has 0 bridgehead atoms. The SMILES string of the molecule is Cc1cc(Br)c(F)cc1NC(=O)c1ccc(N)nc1. The van der Waals surface area contributed by atoms with Crippen LogP contribution in [0.25, 0.3) is 0 Å². The Hall–Kier alpha value is -1.95. The molecule has 4 nitrogen and oxygen atoms in total. The Morgan fingerprint density at radius 1 is 1.42 bits per heavy atom. The summed E-state index contributed by atoms with van der Waals surface area (Å²) in [4.78, 5) is 15.8. The zero-order valence-electron chi connectivity index (χ0n) is 10.1. The lowest BCUT2D eigenvalue weighted by Gasteiger charge is -2.09. The molecule has 1 amide bonds. The predicted molar refractivity (Wildman–Crippen MR) is 75.4 cm³/mol. The fourth-order valence-electron chi connectivity index (χ4n) is 1.52. The first-order valence-electron chi connectivity index (χ1n) is 5.46. The number of rotatable bonds is 2. The summed E-state index contributed by atoms with van der Waals surface area (Å²) in [6.07, 6.45) is 1.37. The summed E-state index contributed by atoms with van der Waals surface area (Å²) in [7, 11) is 0. The number of carbonyl (C=O) groups is 1. The molecule has 1 heterocycles. The number of amides is 1. The molecule has 98 valence electrons. The molecule has 19 heavy (non-hydrogen) atoms. The van der Waals surface area contributed by atoms with E-state index >= 15 is 0 Å². The van der Waals surface area contributed by atoms with Gasteiger partial charge in [-0.25, -0.2) is 9.37 Å².